The Morgan fingerprint density at radius 1 is 1.00 bits per heavy atom. The van der Waals surface area contributed by atoms with Crippen LogP contribution in [0, 0.1) is 0 Å². The van der Waals surface area contributed by atoms with E-state index < -0.39 is 35.4 Å². The van der Waals surface area contributed by atoms with Gasteiger partial charge in [0.25, 0.3) is 0 Å². The summed E-state index contributed by atoms with van der Waals surface area (Å²) in [5.41, 5.74) is 2.98. The number of fused-ring (bicyclic) bond motifs is 3. The molecule has 11 nitrogen and oxygen atoms in total. The molecule has 0 unspecified atom stereocenters. The number of nitrogens with one attached hydrogen (secondary N) is 3. The van der Waals surface area contributed by atoms with Gasteiger partial charge in [0, 0.05) is 12.5 Å². The van der Waals surface area contributed by atoms with Gasteiger partial charge in [0.2, 0.25) is 23.0 Å². The first-order valence-electron chi connectivity index (χ1n) is 14.7. The molecular weight excluding hydrogens is 610 g/mol. The lowest BCUT2D eigenvalue weighted by Crippen LogP contribution is -2.44. The molecule has 1 aliphatic carbocycles. The average molecular weight is 650 g/mol. The topological polar surface area (TPSA) is 152 Å². The molecule has 0 saturated heterocycles. The molecule has 46 heavy (non-hydrogen) atoms. The Balaban J connectivity index is 1.82. The smallest absolute Gasteiger partial charge is 0.330 e. The van der Waals surface area contributed by atoms with Gasteiger partial charge < -0.3 is 35.3 Å². The summed E-state index contributed by atoms with van der Waals surface area (Å²) in [4.78, 5) is 51.7. The van der Waals surface area contributed by atoms with Crippen LogP contribution in [0.25, 0.3) is 11.1 Å². The molecule has 0 fully saturated rings. The number of thioether (sulfide) groups is 1. The van der Waals surface area contributed by atoms with Crippen LogP contribution in [0.1, 0.15) is 48.5 Å². The Morgan fingerprint density at radius 3 is 2.33 bits per heavy atom. The number of hydrogen-bond donors (Lipinski definition) is 4. The first kappa shape index (κ1) is 34.2. The van der Waals surface area contributed by atoms with Crippen molar-refractivity contribution in [3.05, 3.63) is 81.5 Å². The molecule has 0 radical (unpaired) electrons. The molecule has 0 aliphatic heterocycles. The highest BCUT2D eigenvalue weighted by molar-refractivity contribution is 7.98. The van der Waals surface area contributed by atoms with Crippen LogP contribution in [0.15, 0.2) is 59.4 Å². The van der Waals surface area contributed by atoms with Gasteiger partial charge in [0.15, 0.2) is 17.5 Å². The van der Waals surface area contributed by atoms with Crippen molar-refractivity contribution in [2.75, 3.05) is 38.7 Å². The van der Waals surface area contributed by atoms with E-state index in [2.05, 4.69) is 16.0 Å². The molecule has 4 rings (SSSR count). The van der Waals surface area contributed by atoms with Gasteiger partial charge in [-0.2, -0.15) is 11.8 Å². The fourth-order valence-electron chi connectivity index (χ4n) is 5.70. The summed E-state index contributed by atoms with van der Waals surface area (Å²) in [7, 11) is 4.58. The maximum Gasteiger partial charge on any atom is 0.330 e. The van der Waals surface area contributed by atoms with E-state index in [1.165, 1.54) is 46.1 Å². The summed E-state index contributed by atoms with van der Waals surface area (Å²) in [5.74, 6) is -0.130. The Bertz CT molecular complexity index is 1650. The zero-order chi connectivity index (χ0) is 33.4. The number of rotatable bonds is 13. The van der Waals surface area contributed by atoms with Gasteiger partial charge in [-0.3, -0.25) is 14.4 Å². The Hall–Kier alpha value is -4.71. The normalized spacial score (nSPS) is 14.8. The van der Waals surface area contributed by atoms with Crippen LogP contribution in [0.4, 0.5) is 5.69 Å². The first-order valence-corrected chi connectivity index (χ1v) is 16.1. The van der Waals surface area contributed by atoms with E-state index >= 15 is 0 Å². The SMILES string of the molecule is COc1cc2c(c(OC)c1OC)-c1ccc(N[C@H](CCSC)C(=O)N[C@@H](C(=O)O)c3ccccc3)c(=O)cc1[C@H](NC(C)=O)CC2. The van der Waals surface area contributed by atoms with Crippen LogP contribution in [-0.4, -0.2) is 62.3 Å². The maximum absolute atomic E-state index is 13.8. The van der Waals surface area contributed by atoms with Crippen LogP contribution < -0.4 is 35.6 Å². The van der Waals surface area contributed by atoms with Gasteiger partial charge in [-0.25, -0.2) is 4.79 Å². The van der Waals surface area contributed by atoms with Crippen molar-refractivity contribution < 1.29 is 33.7 Å². The van der Waals surface area contributed by atoms with Gasteiger partial charge in [0.1, 0.15) is 6.04 Å². The van der Waals surface area contributed by atoms with E-state index in [0.29, 0.717) is 64.5 Å². The monoisotopic (exact) mass is 649 g/mol. The molecule has 0 spiro atoms. The second-order valence-corrected chi connectivity index (χ2v) is 11.8. The number of carboxylic acids is 1. The van der Waals surface area contributed by atoms with E-state index in [0.717, 1.165) is 5.56 Å². The number of carboxylic acid groups (broad SMARTS) is 1. The standard InChI is InChI=1S/C34H39N3O8S/c1-19(38)35-24-13-11-21-17-28(43-2)31(44-3)32(45-4)29(21)22-12-14-25(27(39)18-23(22)24)36-26(15-16-46-5)33(40)37-30(34(41)42)20-9-7-6-8-10-20/h6-10,12,14,17-18,24,26,30H,11,13,15-16H2,1-5H3,(H,35,38)(H,36,39)(H,37,40)(H,41,42)/t24-,26-,30-/m1/s1. The number of aliphatic carboxylic acids is 1. The summed E-state index contributed by atoms with van der Waals surface area (Å²) < 4.78 is 17.1. The molecule has 12 heteroatoms. The molecule has 0 bridgehead atoms. The number of methoxy groups -OCH3 is 3. The summed E-state index contributed by atoms with van der Waals surface area (Å²) in [5, 5.41) is 18.6. The number of carbonyl (C=O) groups excluding carboxylic acids is 2. The van der Waals surface area contributed by atoms with Crippen molar-refractivity contribution >= 4 is 35.2 Å². The van der Waals surface area contributed by atoms with Gasteiger partial charge in [-0.05, 0) is 71.7 Å². The molecule has 3 aromatic carbocycles. The quantitative estimate of drug-likeness (QED) is 0.210. The highest BCUT2D eigenvalue weighted by Crippen LogP contribution is 2.50. The summed E-state index contributed by atoms with van der Waals surface area (Å²) >= 11 is 1.52. The summed E-state index contributed by atoms with van der Waals surface area (Å²) in [6, 6.07) is 12.5. The molecule has 0 saturated carbocycles. The third kappa shape index (κ3) is 7.56. The fourth-order valence-corrected chi connectivity index (χ4v) is 6.17. The van der Waals surface area contributed by atoms with Gasteiger partial charge in [-0.1, -0.05) is 36.4 Å². The molecule has 3 aromatic rings. The zero-order valence-electron chi connectivity index (χ0n) is 26.5. The summed E-state index contributed by atoms with van der Waals surface area (Å²) in [6.07, 6.45) is 3.28. The van der Waals surface area contributed by atoms with Gasteiger partial charge in [0.05, 0.1) is 33.1 Å². The van der Waals surface area contributed by atoms with E-state index in [-0.39, 0.29) is 11.6 Å². The van der Waals surface area contributed by atoms with Gasteiger partial charge in [-0.15, -0.1) is 0 Å². The number of carbonyl (C=O) groups is 3. The molecule has 0 aromatic heterocycles. The third-order valence-electron chi connectivity index (χ3n) is 7.84. The molecule has 244 valence electrons. The Labute approximate surface area is 272 Å². The number of hydrogen-bond acceptors (Lipinski definition) is 9. The van der Waals surface area contributed by atoms with Crippen molar-refractivity contribution in [3.8, 4) is 28.4 Å². The summed E-state index contributed by atoms with van der Waals surface area (Å²) in [6.45, 7) is 1.42. The minimum Gasteiger partial charge on any atom is -0.493 e. The Morgan fingerprint density at radius 2 is 1.72 bits per heavy atom. The lowest BCUT2D eigenvalue weighted by molar-refractivity contribution is -0.142. The van der Waals surface area contributed by atoms with E-state index in [1.54, 1.807) is 42.5 Å². The van der Waals surface area contributed by atoms with Crippen LogP contribution in [-0.2, 0) is 20.8 Å². The van der Waals surface area contributed by atoms with Crippen molar-refractivity contribution in [2.24, 2.45) is 0 Å². The predicted molar refractivity (Wildman–Crippen MR) is 178 cm³/mol. The highest BCUT2D eigenvalue weighted by atomic mass is 32.2. The van der Waals surface area contributed by atoms with Crippen molar-refractivity contribution in [1.29, 1.82) is 0 Å². The number of anilines is 1. The molecule has 2 amide bonds. The van der Waals surface area contributed by atoms with E-state index in [4.69, 9.17) is 14.2 Å². The second-order valence-electron chi connectivity index (χ2n) is 10.8. The highest BCUT2D eigenvalue weighted by Gasteiger charge is 2.31. The molecule has 4 N–H and O–H groups in total. The van der Waals surface area contributed by atoms with E-state index in [1.807, 2.05) is 12.3 Å². The molecule has 0 heterocycles. The number of amides is 2. The fraction of sp³-hybridized carbons (Fsp3) is 0.353. The second kappa shape index (κ2) is 15.5. The van der Waals surface area contributed by atoms with E-state index in [9.17, 15) is 24.3 Å². The van der Waals surface area contributed by atoms with Crippen LogP contribution >= 0.6 is 11.8 Å². The predicted octanol–water partition coefficient (Wildman–Crippen LogP) is 4.34. The molecule has 3 atom stereocenters. The van der Waals surface area contributed by atoms with Crippen molar-refractivity contribution in [3.63, 3.8) is 0 Å². The van der Waals surface area contributed by atoms with Gasteiger partial charge >= 0.3 is 5.97 Å². The molecular formula is C34H39N3O8S. The van der Waals surface area contributed by atoms with Crippen molar-refractivity contribution in [2.45, 2.75) is 44.3 Å². The molecule has 1 aliphatic rings. The lowest BCUT2D eigenvalue weighted by atomic mass is 9.95. The minimum absolute atomic E-state index is 0.142. The van der Waals surface area contributed by atoms with Crippen LogP contribution in [0.2, 0.25) is 0 Å². The van der Waals surface area contributed by atoms with Crippen LogP contribution in [0.5, 0.6) is 17.2 Å². The van der Waals surface area contributed by atoms with Crippen LogP contribution in [0.3, 0.4) is 0 Å². The minimum atomic E-state index is -1.27. The largest absolute Gasteiger partial charge is 0.493 e. The third-order valence-corrected chi connectivity index (χ3v) is 8.48. The number of ether oxygens (including phenoxy) is 3. The zero-order valence-corrected chi connectivity index (χ0v) is 27.3. The number of benzene rings is 2. The lowest BCUT2D eigenvalue weighted by Gasteiger charge is -2.22. The Kier molecular flexibility index (Phi) is 11.5. The maximum atomic E-state index is 13.8. The first-order chi connectivity index (χ1) is 22.1. The average Bonchev–Trinajstić information content (AvgIpc) is 3.28. The number of aryl methyl sites for hydroxylation is 1. The van der Waals surface area contributed by atoms with Crippen molar-refractivity contribution in [1.82, 2.24) is 10.6 Å².